The van der Waals surface area contributed by atoms with Crippen molar-refractivity contribution in [2.75, 3.05) is 12.3 Å². The summed E-state index contributed by atoms with van der Waals surface area (Å²) in [7, 11) is -3.30. The van der Waals surface area contributed by atoms with Crippen LogP contribution in [0.2, 0.25) is 0 Å². The Bertz CT molecular complexity index is 532. The van der Waals surface area contributed by atoms with Gasteiger partial charge in [-0.2, -0.15) is 5.26 Å². The Morgan fingerprint density at radius 3 is 2.56 bits per heavy atom. The molecule has 5 nitrogen and oxygen atoms in total. The second kappa shape index (κ2) is 6.77. The number of hydrogen-bond acceptors (Lipinski definition) is 4. The van der Waals surface area contributed by atoms with E-state index >= 15 is 0 Å². The molecule has 0 atom stereocenters. The second-order valence-electron chi connectivity index (χ2n) is 3.76. The molecule has 0 spiro atoms. The maximum atomic E-state index is 11.7. The van der Waals surface area contributed by atoms with Crippen LogP contribution in [0, 0.1) is 11.3 Å². The summed E-state index contributed by atoms with van der Waals surface area (Å²) < 4.78 is 23.5. The number of nitriles is 1. The van der Waals surface area contributed by atoms with Gasteiger partial charge in [-0.1, -0.05) is 30.3 Å². The summed E-state index contributed by atoms with van der Waals surface area (Å²) in [4.78, 5) is 11.2. The predicted octanol–water partition coefficient (Wildman–Crippen LogP) is 0.631. The molecular formula is C12H14N2O3S. The lowest BCUT2D eigenvalue weighted by atomic mass is 10.2. The number of benzene rings is 1. The van der Waals surface area contributed by atoms with Gasteiger partial charge in [0, 0.05) is 6.42 Å². The van der Waals surface area contributed by atoms with E-state index in [2.05, 4.69) is 5.32 Å². The molecule has 0 heterocycles. The number of nitrogens with one attached hydrogen (secondary N) is 1. The molecule has 0 saturated heterocycles. The summed E-state index contributed by atoms with van der Waals surface area (Å²) in [6.45, 7) is -0.0996. The average Bonchev–Trinajstić information content (AvgIpc) is 2.35. The maximum absolute atomic E-state index is 11.7. The number of carbonyl (C=O) groups excluding carboxylic acids is 1. The van der Waals surface area contributed by atoms with Gasteiger partial charge in [-0.25, -0.2) is 8.42 Å². The first kappa shape index (κ1) is 14.2. The number of carbonyl (C=O) groups is 1. The van der Waals surface area contributed by atoms with E-state index in [9.17, 15) is 13.2 Å². The molecule has 18 heavy (non-hydrogen) atoms. The molecule has 0 bridgehead atoms. The Morgan fingerprint density at radius 1 is 1.28 bits per heavy atom. The number of nitrogens with zero attached hydrogens (tertiary/aromatic N) is 1. The van der Waals surface area contributed by atoms with Crippen LogP contribution >= 0.6 is 0 Å². The normalized spacial score (nSPS) is 10.6. The fourth-order valence-electron chi connectivity index (χ4n) is 1.38. The van der Waals surface area contributed by atoms with E-state index in [1.54, 1.807) is 30.3 Å². The Labute approximate surface area is 106 Å². The zero-order chi connectivity index (χ0) is 13.4. The van der Waals surface area contributed by atoms with E-state index in [0.717, 1.165) is 0 Å². The van der Waals surface area contributed by atoms with Crippen LogP contribution in [0.5, 0.6) is 0 Å². The third-order valence-electron chi connectivity index (χ3n) is 2.23. The summed E-state index contributed by atoms with van der Waals surface area (Å²) in [5.41, 5.74) is 0.704. The number of amides is 1. The van der Waals surface area contributed by atoms with Crippen LogP contribution in [0.4, 0.5) is 0 Å². The lowest BCUT2D eigenvalue weighted by Crippen LogP contribution is -2.26. The van der Waals surface area contributed by atoms with Gasteiger partial charge in [-0.15, -0.1) is 0 Å². The summed E-state index contributed by atoms with van der Waals surface area (Å²) >= 11 is 0. The fourth-order valence-corrected chi connectivity index (χ4v) is 2.72. The Morgan fingerprint density at radius 2 is 1.94 bits per heavy atom. The first-order valence-corrected chi connectivity index (χ1v) is 7.23. The molecule has 0 aliphatic rings. The number of rotatable bonds is 6. The van der Waals surface area contributed by atoms with Crippen LogP contribution in [-0.4, -0.2) is 26.6 Å². The molecule has 96 valence electrons. The molecule has 0 fully saturated rings. The molecule has 0 saturated carbocycles. The lowest BCUT2D eigenvalue weighted by Gasteiger charge is -2.04. The van der Waals surface area contributed by atoms with Crippen molar-refractivity contribution in [2.24, 2.45) is 0 Å². The molecule has 1 aromatic rings. The second-order valence-corrected chi connectivity index (χ2v) is 5.95. The molecular weight excluding hydrogens is 252 g/mol. The maximum Gasteiger partial charge on any atom is 0.221 e. The molecule has 1 aromatic carbocycles. The zero-order valence-corrected chi connectivity index (χ0v) is 10.6. The smallest absolute Gasteiger partial charge is 0.221 e. The van der Waals surface area contributed by atoms with E-state index in [1.165, 1.54) is 0 Å². The van der Waals surface area contributed by atoms with Crippen molar-refractivity contribution in [3.63, 3.8) is 0 Å². The van der Waals surface area contributed by atoms with Gasteiger partial charge in [0.05, 0.1) is 17.6 Å². The molecule has 1 N–H and O–H groups in total. The molecule has 0 aliphatic heterocycles. The van der Waals surface area contributed by atoms with Crippen molar-refractivity contribution >= 4 is 15.7 Å². The molecule has 1 amide bonds. The predicted molar refractivity (Wildman–Crippen MR) is 67.2 cm³/mol. The van der Waals surface area contributed by atoms with Crippen LogP contribution in [0.3, 0.4) is 0 Å². The van der Waals surface area contributed by atoms with Gasteiger partial charge in [-0.05, 0) is 5.56 Å². The highest BCUT2D eigenvalue weighted by Gasteiger charge is 2.14. The first-order chi connectivity index (χ1) is 8.53. The monoisotopic (exact) mass is 266 g/mol. The number of sulfone groups is 1. The van der Waals surface area contributed by atoms with Gasteiger partial charge < -0.3 is 5.32 Å². The average molecular weight is 266 g/mol. The van der Waals surface area contributed by atoms with Gasteiger partial charge in [0.15, 0.2) is 9.84 Å². The quantitative estimate of drug-likeness (QED) is 0.765. The minimum Gasteiger partial charge on any atom is -0.343 e. The molecule has 0 aliphatic carbocycles. The van der Waals surface area contributed by atoms with Crippen LogP contribution < -0.4 is 5.32 Å². The van der Waals surface area contributed by atoms with Crippen molar-refractivity contribution in [1.82, 2.24) is 5.32 Å². The SMILES string of the molecule is N#CCNC(=O)CCS(=O)(=O)Cc1ccccc1. The Hall–Kier alpha value is -1.87. The van der Waals surface area contributed by atoms with Crippen molar-refractivity contribution in [1.29, 1.82) is 5.26 Å². The van der Waals surface area contributed by atoms with Crippen LogP contribution in [0.15, 0.2) is 30.3 Å². The molecule has 6 heteroatoms. The molecule has 1 rings (SSSR count). The van der Waals surface area contributed by atoms with Crippen LogP contribution in [-0.2, 0) is 20.4 Å². The van der Waals surface area contributed by atoms with E-state index < -0.39 is 15.7 Å². The molecule has 0 radical (unpaired) electrons. The van der Waals surface area contributed by atoms with Crippen LogP contribution in [0.25, 0.3) is 0 Å². The van der Waals surface area contributed by atoms with Gasteiger partial charge in [0.25, 0.3) is 0 Å². The third kappa shape index (κ3) is 5.46. The van der Waals surface area contributed by atoms with Gasteiger partial charge in [0.2, 0.25) is 5.91 Å². The lowest BCUT2D eigenvalue weighted by molar-refractivity contribution is -0.120. The van der Waals surface area contributed by atoms with Gasteiger partial charge >= 0.3 is 0 Å². The minimum atomic E-state index is -3.30. The fraction of sp³-hybridized carbons (Fsp3) is 0.333. The van der Waals surface area contributed by atoms with Crippen molar-refractivity contribution in [2.45, 2.75) is 12.2 Å². The van der Waals surface area contributed by atoms with Gasteiger partial charge in [-0.3, -0.25) is 4.79 Å². The summed E-state index contributed by atoms with van der Waals surface area (Å²) in [6.07, 6.45) is -0.114. The highest BCUT2D eigenvalue weighted by atomic mass is 32.2. The van der Waals surface area contributed by atoms with Gasteiger partial charge in [0.1, 0.15) is 6.54 Å². The molecule has 0 unspecified atom stereocenters. The highest BCUT2D eigenvalue weighted by molar-refractivity contribution is 7.90. The summed E-state index contributed by atoms with van der Waals surface area (Å²) in [6, 6.07) is 10.6. The highest BCUT2D eigenvalue weighted by Crippen LogP contribution is 2.07. The Balaban J connectivity index is 2.46. The largest absolute Gasteiger partial charge is 0.343 e. The van der Waals surface area contributed by atoms with Crippen molar-refractivity contribution < 1.29 is 13.2 Å². The summed E-state index contributed by atoms with van der Waals surface area (Å²) in [5.74, 6) is -0.702. The number of hydrogen-bond donors (Lipinski definition) is 1. The van der Waals surface area contributed by atoms with E-state index in [4.69, 9.17) is 5.26 Å². The van der Waals surface area contributed by atoms with Crippen molar-refractivity contribution in [3.8, 4) is 6.07 Å². The molecule has 0 aromatic heterocycles. The van der Waals surface area contributed by atoms with E-state index in [1.807, 2.05) is 6.07 Å². The topological polar surface area (TPSA) is 87.0 Å². The van der Waals surface area contributed by atoms with E-state index in [-0.39, 0.29) is 24.5 Å². The Kier molecular flexibility index (Phi) is 5.33. The third-order valence-corrected chi connectivity index (χ3v) is 3.83. The minimum absolute atomic E-state index is 0.0701. The van der Waals surface area contributed by atoms with Crippen molar-refractivity contribution in [3.05, 3.63) is 35.9 Å². The standard InChI is InChI=1S/C12H14N2O3S/c13-7-8-14-12(15)6-9-18(16,17)10-11-4-2-1-3-5-11/h1-5H,6,8-10H2,(H,14,15). The zero-order valence-electron chi connectivity index (χ0n) is 9.80. The summed E-state index contributed by atoms with van der Waals surface area (Å²) in [5, 5.41) is 10.6. The van der Waals surface area contributed by atoms with Crippen LogP contribution in [0.1, 0.15) is 12.0 Å². The first-order valence-electron chi connectivity index (χ1n) is 5.41. The van der Waals surface area contributed by atoms with E-state index in [0.29, 0.717) is 5.56 Å².